The van der Waals surface area contributed by atoms with E-state index in [0.717, 1.165) is 0 Å². The number of anilines is 2. The third kappa shape index (κ3) is 5.86. The van der Waals surface area contributed by atoms with Crippen LogP contribution in [-0.2, 0) is 19.6 Å². The Kier molecular flexibility index (Phi) is 8.37. The average Bonchev–Trinajstić information content (AvgIpc) is 2.84. The largest absolute Gasteiger partial charge is 0.495 e. The summed E-state index contributed by atoms with van der Waals surface area (Å²) in [7, 11) is -2.65. The summed E-state index contributed by atoms with van der Waals surface area (Å²) in [6.45, 7) is 1.63. The first-order valence-corrected chi connectivity index (χ1v) is 12.7. The van der Waals surface area contributed by atoms with Crippen LogP contribution in [0.15, 0.2) is 47.4 Å². The van der Waals surface area contributed by atoms with Gasteiger partial charge in [0.2, 0.25) is 11.8 Å². The maximum atomic E-state index is 13.0. The molecule has 13 heteroatoms. The zero-order valence-electron chi connectivity index (χ0n) is 19.9. The molecule has 36 heavy (non-hydrogen) atoms. The average molecular weight is 520 g/mol. The molecular weight excluding hydrogens is 490 g/mol. The first-order valence-electron chi connectivity index (χ1n) is 11.2. The molecule has 1 aliphatic heterocycles. The second-order valence-electron chi connectivity index (χ2n) is 8.09. The van der Waals surface area contributed by atoms with Crippen LogP contribution in [-0.4, -0.2) is 57.7 Å². The number of aliphatic hydroxyl groups excluding tert-OH is 1. The van der Waals surface area contributed by atoms with E-state index in [-0.39, 0.29) is 22.8 Å². The zero-order valence-corrected chi connectivity index (χ0v) is 20.7. The highest BCUT2D eigenvalue weighted by molar-refractivity contribution is 7.92. The molecule has 0 saturated heterocycles. The summed E-state index contributed by atoms with van der Waals surface area (Å²) < 4.78 is 33.8. The molecule has 2 aromatic rings. The molecular formula is C23H29N5O7S. The number of para-hydroxylation sites is 1. The summed E-state index contributed by atoms with van der Waals surface area (Å²) in [5, 5.41) is 14.3. The Hall–Kier alpha value is -3.84. The summed E-state index contributed by atoms with van der Waals surface area (Å²) in [6, 6.07) is 8.31. The Balaban J connectivity index is 1.95. The van der Waals surface area contributed by atoms with Gasteiger partial charge >= 0.3 is 6.03 Å². The third-order valence-corrected chi connectivity index (χ3v) is 6.97. The van der Waals surface area contributed by atoms with Crippen LogP contribution in [0.3, 0.4) is 0 Å². The van der Waals surface area contributed by atoms with Crippen LogP contribution in [0.5, 0.6) is 5.75 Å². The fourth-order valence-electron chi connectivity index (χ4n) is 3.86. The minimum atomic E-state index is -4.02. The number of fused-ring (bicyclic) bond motifs is 1. The minimum Gasteiger partial charge on any atom is -0.495 e. The van der Waals surface area contributed by atoms with Crippen LogP contribution < -0.4 is 30.7 Å². The van der Waals surface area contributed by atoms with Gasteiger partial charge in [-0.2, -0.15) is 0 Å². The van der Waals surface area contributed by atoms with Gasteiger partial charge in [0, 0.05) is 17.8 Å². The normalized spacial score (nSPS) is 15.9. The van der Waals surface area contributed by atoms with Crippen LogP contribution >= 0.6 is 0 Å². The monoisotopic (exact) mass is 519 g/mol. The number of benzene rings is 2. The smallest absolute Gasteiger partial charge is 0.322 e. The quantitative estimate of drug-likeness (QED) is 0.291. The van der Waals surface area contributed by atoms with Crippen LogP contribution in [0, 0.1) is 0 Å². The van der Waals surface area contributed by atoms with Gasteiger partial charge in [0.25, 0.3) is 10.0 Å². The molecule has 2 aromatic carbocycles. The highest BCUT2D eigenvalue weighted by atomic mass is 32.2. The number of urea groups is 1. The van der Waals surface area contributed by atoms with Crippen molar-refractivity contribution in [2.24, 2.45) is 5.73 Å². The molecule has 2 atom stereocenters. The highest BCUT2D eigenvalue weighted by Crippen LogP contribution is 2.36. The van der Waals surface area contributed by atoms with E-state index in [4.69, 9.17) is 10.5 Å². The lowest BCUT2D eigenvalue weighted by Gasteiger charge is -2.35. The molecule has 194 valence electrons. The van der Waals surface area contributed by atoms with E-state index in [1.807, 2.05) is 6.92 Å². The Bertz CT molecular complexity index is 1250. The molecule has 2 unspecified atom stereocenters. The van der Waals surface area contributed by atoms with Crippen molar-refractivity contribution >= 4 is 39.2 Å². The van der Waals surface area contributed by atoms with Gasteiger partial charge in [-0.3, -0.25) is 19.2 Å². The van der Waals surface area contributed by atoms with Gasteiger partial charge in [0.05, 0.1) is 31.9 Å². The van der Waals surface area contributed by atoms with E-state index >= 15 is 0 Å². The van der Waals surface area contributed by atoms with Crippen LogP contribution in [0.4, 0.5) is 16.2 Å². The van der Waals surface area contributed by atoms with Gasteiger partial charge in [-0.05, 0) is 36.8 Å². The fraction of sp³-hybridized carbons (Fsp3) is 0.348. The number of sulfonamides is 1. The van der Waals surface area contributed by atoms with Gasteiger partial charge < -0.3 is 26.2 Å². The van der Waals surface area contributed by atoms with Gasteiger partial charge in [-0.25, -0.2) is 13.2 Å². The number of nitrogens with two attached hydrogens (primary N) is 1. The standard InChI is InChI=1S/C23H29N5O7S/c1-3-10-28-18-9-8-14(27-36(33,34)20-7-5-4-6-19(20)35-2)11-15(18)16(26-23(28)32)12-21(30)25-17(13-29)22(24)31/h4-9,11,16-17,27,29H,3,10,12-13H2,1-2H3,(H2,24,31)(H,25,30)(H,26,32). The number of primary amides is 1. The van der Waals surface area contributed by atoms with Crippen molar-refractivity contribution in [3.05, 3.63) is 48.0 Å². The summed E-state index contributed by atoms with van der Waals surface area (Å²) in [5.41, 5.74) is 6.39. The van der Waals surface area contributed by atoms with Gasteiger partial charge in [0.15, 0.2) is 0 Å². The number of amides is 4. The van der Waals surface area contributed by atoms with Gasteiger partial charge in [-0.15, -0.1) is 0 Å². The number of nitrogens with one attached hydrogen (secondary N) is 3. The molecule has 0 aromatic heterocycles. The predicted molar refractivity (Wildman–Crippen MR) is 132 cm³/mol. The molecule has 4 amide bonds. The molecule has 0 bridgehead atoms. The van der Waals surface area contributed by atoms with E-state index in [0.29, 0.717) is 24.2 Å². The Morgan fingerprint density at radius 2 is 1.97 bits per heavy atom. The van der Waals surface area contributed by atoms with Crippen molar-refractivity contribution < 1.29 is 32.6 Å². The topological polar surface area (TPSA) is 180 Å². The molecule has 0 spiro atoms. The fourth-order valence-corrected chi connectivity index (χ4v) is 5.08. The van der Waals surface area contributed by atoms with Crippen molar-refractivity contribution in [1.82, 2.24) is 10.6 Å². The third-order valence-electron chi connectivity index (χ3n) is 5.55. The molecule has 1 heterocycles. The van der Waals surface area contributed by atoms with Crippen molar-refractivity contribution in [3.63, 3.8) is 0 Å². The first-order chi connectivity index (χ1) is 17.1. The lowest BCUT2D eigenvalue weighted by Crippen LogP contribution is -2.50. The molecule has 6 N–H and O–H groups in total. The maximum Gasteiger partial charge on any atom is 0.322 e. The lowest BCUT2D eigenvalue weighted by atomic mass is 9.97. The number of nitrogens with zero attached hydrogens (tertiary/aromatic N) is 1. The van der Waals surface area contributed by atoms with E-state index in [9.17, 15) is 27.9 Å². The number of methoxy groups -OCH3 is 1. The van der Waals surface area contributed by atoms with E-state index in [2.05, 4.69) is 15.4 Å². The highest BCUT2D eigenvalue weighted by Gasteiger charge is 2.33. The molecule has 12 nitrogen and oxygen atoms in total. The zero-order chi connectivity index (χ0) is 26.5. The summed E-state index contributed by atoms with van der Waals surface area (Å²) in [6.07, 6.45) is 0.391. The van der Waals surface area contributed by atoms with Crippen molar-refractivity contribution in [3.8, 4) is 5.75 Å². The molecule has 0 aliphatic carbocycles. The van der Waals surface area contributed by atoms with Gasteiger partial charge in [0.1, 0.15) is 16.7 Å². The number of hydrogen-bond acceptors (Lipinski definition) is 7. The van der Waals surface area contributed by atoms with E-state index < -0.39 is 46.6 Å². The van der Waals surface area contributed by atoms with Crippen molar-refractivity contribution in [2.75, 3.05) is 29.9 Å². The molecule has 0 radical (unpaired) electrons. The number of rotatable bonds is 11. The number of aliphatic hydroxyl groups is 1. The molecule has 0 saturated carbocycles. The van der Waals surface area contributed by atoms with Crippen LogP contribution in [0.25, 0.3) is 0 Å². The van der Waals surface area contributed by atoms with Crippen LogP contribution in [0.2, 0.25) is 0 Å². The number of ether oxygens (including phenoxy) is 1. The number of carbonyl (C=O) groups excluding carboxylic acids is 3. The van der Waals surface area contributed by atoms with Gasteiger partial charge in [-0.1, -0.05) is 19.1 Å². The number of carbonyl (C=O) groups is 3. The van der Waals surface area contributed by atoms with Crippen LogP contribution in [0.1, 0.15) is 31.4 Å². The second kappa shape index (κ2) is 11.3. The summed E-state index contributed by atoms with van der Waals surface area (Å²) in [4.78, 5) is 38.1. The SMILES string of the molecule is CCCN1C(=O)NC(CC(=O)NC(CO)C(N)=O)c2cc(NS(=O)(=O)c3ccccc3OC)ccc21. The molecule has 3 rings (SSSR count). The van der Waals surface area contributed by atoms with Crippen molar-refractivity contribution in [2.45, 2.75) is 36.7 Å². The predicted octanol–water partition coefficient (Wildman–Crippen LogP) is 0.829. The minimum absolute atomic E-state index is 0.0523. The first kappa shape index (κ1) is 26.8. The van der Waals surface area contributed by atoms with E-state index in [1.54, 1.807) is 24.3 Å². The van der Waals surface area contributed by atoms with E-state index in [1.165, 1.54) is 30.2 Å². The Labute approximate surface area is 208 Å². The summed E-state index contributed by atoms with van der Waals surface area (Å²) >= 11 is 0. The molecule has 1 aliphatic rings. The number of hydrogen-bond donors (Lipinski definition) is 5. The Morgan fingerprint density at radius 1 is 1.25 bits per heavy atom. The molecule has 0 fully saturated rings. The summed E-state index contributed by atoms with van der Waals surface area (Å²) in [5.74, 6) is -1.36. The second-order valence-corrected chi connectivity index (χ2v) is 9.74. The Morgan fingerprint density at radius 3 is 2.61 bits per heavy atom. The van der Waals surface area contributed by atoms with Crippen molar-refractivity contribution in [1.29, 1.82) is 0 Å². The maximum absolute atomic E-state index is 13.0. The lowest BCUT2D eigenvalue weighted by molar-refractivity contribution is -0.128.